The quantitative estimate of drug-likeness (QED) is 0.850. The van der Waals surface area contributed by atoms with Crippen LogP contribution in [-0.4, -0.2) is 22.4 Å². The Morgan fingerprint density at radius 1 is 1.26 bits per heavy atom. The van der Waals surface area contributed by atoms with Crippen molar-refractivity contribution in [3.63, 3.8) is 0 Å². The molecule has 0 bridgehead atoms. The van der Waals surface area contributed by atoms with Gasteiger partial charge in [-0.1, -0.05) is 0 Å². The number of anilines is 1. The Kier molecular flexibility index (Phi) is 3.75. The summed E-state index contributed by atoms with van der Waals surface area (Å²) in [6.07, 6.45) is 2.19. The molecular weight excluding hydrogens is 242 g/mol. The van der Waals surface area contributed by atoms with Gasteiger partial charge in [0.15, 0.2) is 12.1 Å². The largest absolute Gasteiger partial charge is 0.491 e. The van der Waals surface area contributed by atoms with Gasteiger partial charge in [0.1, 0.15) is 11.6 Å². The number of hydrogen-bond donors (Lipinski definition) is 1. The fourth-order valence-electron chi connectivity index (χ4n) is 1.59. The Hall–Kier alpha value is -2.43. The molecule has 2 rings (SSSR count). The molecule has 0 amide bonds. The van der Waals surface area contributed by atoms with Crippen molar-refractivity contribution in [1.29, 1.82) is 0 Å². The minimum atomic E-state index is 0.129. The number of rotatable bonds is 4. The van der Waals surface area contributed by atoms with Gasteiger partial charge in [-0.05, 0) is 38.1 Å². The SMILES string of the molecule is CC(C)Oc1ccc(-c2ncc(C=O)c(N)n2)cc1. The van der Waals surface area contributed by atoms with Crippen LogP contribution in [0.4, 0.5) is 5.82 Å². The maximum atomic E-state index is 10.6. The highest BCUT2D eigenvalue weighted by atomic mass is 16.5. The zero-order chi connectivity index (χ0) is 13.8. The summed E-state index contributed by atoms with van der Waals surface area (Å²) in [5.74, 6) is 1.46. The molecule has 1 aromatic carbocycles. The molecule has 2 N–H and O–H groups in total. The van der Waals surface area contributed by atoms with Gasteiger partial charge in [0, 0.05) is 11.8 Å². The van der Waals surface area contributed by atoms with Crippen LogP contribution in [0.5, 0.6) is 5.75 Å². The van der Waals surface area contributed by atoms with Gasteiger partial charge in [-0.25, -0.2) is 9.97 Å². The number of ether oxygens (including phenoxy) is 1. The number of nitrogens with zero attached hydrogens (tertiary/aromatic N) is 2. The average Bonchev–Trinajstić information content (AvgIpc) is 2.39. The van der Waals surface area contributed by atoms with Gasteiger partial charge >= 0.3 is 0 Å². The van der Waals surface area contributed by atoms with E-state index in [0.29, 0.717) is 17.7 Å². The zero-order valence-corrected chi connectivity index (χ0v) is 10.8. The second-order valence-corrected chi connectivity index (χ2v) is 4.34. The molecule has 5 heteroatoms. The minimum absolute atomic E-state index is 0.129. The van der Waals surface area contributed by atoms with E-state index in [-0.39, 0.29) is 11.9 Å². The Morgan fingerprint density at radius 3 is 2.47 bits per heavy atom. The van der Waals surface area contributed by atoms with E-state index in [9.17, 15) is 4.79 Å². The number of aromatic nitrogens is 2. The van der Waals surface area contributed by atoms with Crippen molar-refractivity contribution in [3.05, 3.63) is 36.0 Å². The third-order valence-electron chi connectivity index (χ3n) is 2.46. The lowest BCUT2D eigenvalue weighted by Gasteiger charge is -2.09. The lowest BCUT2D eigenvalue weighted by molar-refractivity contribution is 0.112. The van der Waals surface area contributed by atoms with E-state index in [4.69, 9.17) is 10.5 Å². The molecule has 98 valence electrons. The molecule has 1 aromatic heterocycles. The van der Waals surface area contributed by atoms with Crippen molar-refractivity contribution in [3.8, 4) is 17.1 Å². The lowest BCUT2D eigenvalue weighted by Crippen LogP contribution is -2.05. The number of carbonyl (C=O) groups is 1. The fourth-order valence-corrected chi connectivity index (χ4v) is 1.59. The number of carbonyl (C=O) groups excluding carboxylic acids is 1. The number of nitrogen functional groups attached to an aromatic ring is 1. The minimum Gasteiger partial charge on any atom is -0.491 e. The first kappa shape index (κ1) is 13.0. The molecule has 0 aliphatic rings. The van der Waals surface area contributed by atoms with E-state index >= 15 is 0 Å². The molecule has 5 nitrogen and oxygen atoms in total. The average molecular weight is 257 g/mol. The van der Waals surface area contributed by atoms with Crippen molar-refractivity contribution in [1.82, 2.24) is 9.97 Å². The molecule has 0 spiro atoms. The van der Waals surface area contributed by atoms with Gasteiger partial charge in [-0.2, -0.15) is 0 Å². The summed E-state index contributed by atoms with van der Waals surface area (Å²) in [4.78, 5) is 18.9. The van der Waals surface area contributed by atoms with Crippen LogP contribution >= 0.6 is 0 Å². The van der Waals surface area contributed by atoms with E-state index < -0.39 is 0 Å². The predicted molar refractivity (Wildman–Crippen MR) is 73.0 cm³/mol. The summed E-state index contributed by atoms with van der Waals surface area (Å²) in [6.45, 7) is 3.94. The molecule has 0 aliphatic carbocycles. The molecule has 0 unspecified atom stereocenters. The monoisotopic (exact) mass is 257 g/mol. The fraction of sp³-hybridized carbons (Fsp3) is 0.214. The van der Waals surface area contributed by atoms with Crippen molar-refractivity contribution in [2.75, 3.05) is 5.73 Å². The standard InChI is InChI=1S/C14H15N3O2/c1-9(2)19-12-5-3-10(4-6-12)14-16-7-11(8-18)13(15)17-14/h3-9H,1-2H3,(H2,15,16,17). The van der Waals surface area contributed by atoms with Gasteiger partial charge < -0.3 is 10.5 Å². The Balaban J connectivity index is 2.27. The third kappa shape index (κ3) is 3.07. The normalized spacial score (nSPS) is 10.5. The van der Waals surface area contributed by atoms with Gasteiger partial charge in [0.25, 0.3) is 0 Å². The third-order valence-corrected chi connectivity index (χ3v) is 2.46. The van der Waals surface area contributed by atoms with Crippen molar-refractivity contribution < 1.29 is 9.53 Å². The molecule has 2 aromatic rings. The van der Waals surface area contributed by atoms with Crippen molar-refractivity contribution in [2.45, 2.75) is 20.0 Å². The molecule has 0 saturated heterocycles. The number of benzene rings is 1. The van der Waals surface area contributed by atoms with E-state index in [1.165, 1.54) is 6.20 Å². The van der Waals surface area contributed by atoms with Crippen LogP contribution < -0.4 is 10.5 Å². The van der Waals surface area contributed by atoms with Gasteiger partial charge in [-0.15, -0.1) is 0 Å². The molecule has 0 radical (unpaired) electrons. The zero-order valence-electron chi connectivity index (χ0n) is 10.8. The Morgan fingerprint density at radius 2 is 1.95 bits per heavy atom. The highest BCUT2D eigenvalue weighted by Gasteiger charge is 2.06. The van der Waals surface area contributed by atoms with Gasteiger partial charge in [0.2, 0.25) is 0 Å². The Bertz CT molecular complexity index is 580. The molecule has 0 saturated carbocycles. The van der Waals surface area contributed by atoms with Crippen molar-refractivity contribution in [2.24, 2.45) is 0 Å². The van der Waals surface area contributed by atoms with Crippen LogP contribution in [0.25, 0.3) is 11.4 Å². The summed E-state index contributed by atoms with van der Waals surface area (Å²) in [7, 11) is 0. The highest BCUT2D eigenvalue weighted by molar-refractivity contribution is 5.81. The van der Waals surface area contributed by atoms with Crippen LogP contribution in [0.3, 0.4) is 0 Å². The molecule has 0 fully saturated rings. The summed E-state index contributed by atoms with van der Waals surface area (Å²) in [5, 5.41) is 0. The maximum absolute atomic E-state index is 10.6. The molecule has 1 heterocycles. The first-order valence-electron chi connectivity index (χ1n) is 5.95. The smallest absolute Gasteiger partial charge is 0.161 e. The van der Waals surface area contributed by atoms with Gasteiger partial charge in [0.05, 0.1) is 11.7 Å². The second kappa shape index (κ2) is 5.48. The Labute approximate surface area is 111 Å². The topological polar surface area (TPSA) is 78.1 Å². The van der Waals surface area contributed by atoms with E-state index in [1.807, 2.05) is 38.1 Å². The molecule has 0 atom stereocenters. The summed E-state index contributed by atoms with van der Waals surface area (Å²) in [5.41, 5.74) is 6.77. The van der Waals surface area contributed by atoms with E-state index in [0.717, 1.165) is 11.3 Å². The van der Waals surface area contributed by atoms with Crippen LogP contribution in [-0.2, 0) is 0 Å². The molecule has 0 aliphatic heterocycles. The van der Waals surface area contributed by atoms with Crippen molar-refractivity contribution >= 4 is 12.1 Å². The van der Waals surface area contributed by atoms with Crippen LogP contribution in [0, 0.1) is 0 Å². The molecular formula is C14H15N3O2. The van der Waals surface area contributed by atoms with Crippen LogP contribution in [0.2, 0.25) is 0 Å². The number of nitrogens with two attached hydrogens (primary N) is 1. The lowest BCUT2D eigenvalue weighted by atomic mass is 10.2. The highest BCUT2D eigenvalue weighted by Crippen LogP contribution is 2.21. The second-order valence-electron chi connectivity index (χ2n) is 4.34. The van der Waals surface area contributed by atoms with Gasteiger partial charge in [-0.3, -0.25) is 4.79 Å². The summed E-state index contributed by atoms with van der Waals surface area (Å²) >= 11 is 0. The summed E-state index contributed by atoms with van der Waals surface area (Å²) < 4.78 is 5.55. The number of aldehydes is 1. The first-order chi connectivity index (χ1) is 9.10. The summed E-state index contributed by atoms with van der Waals surface area (Å²) in [6, 6.07) is 7.41. The van der Waals surface area contributed by atoms with E-state index in [2.05, 4.69) is 9.97 Å². The van der Waals surface area contributed by atoms with Crippen LogP contribution in [0.1, 0.15) is 24.2 Å². The maximum Gasteiger partial charge on any atom is 0.161 e. The number of hydrogen-bond acceptors (Lipinski definition) is 5. The van der Waals surface area contributed by atoms with E-state index in [1.54, 1.807) is 0 Å². The predicted octanol–water partition coefficient (Wildman–Crippen LogP) is 2.33. The molecule has 19 heavy (non-hydrogen) atoms. The van der Waals surface area contributed by atoms with Crippen LogP contribution in [0.15, 0.2) is 30.5 Å². The first-order valence-corrected chi connectivity index (χ1v) is 5.95.